The van der Waals surface area contributed by atoms with Crippen molar-refractivity contribution in [2.45, 2.75) is 31.7 Å². The Hall–Kier alpha value is -2.70. The average molecular weight is 340 g/mol. The Morgan fingerprint density at radius 3 is 2.64 bits per heavy atom. The molecule has 7 nitrogen and oxygen atoms in total. The zero-order chi connectivity index (χ0) is 17.4. The highest BCUT2D eigenvalue weighted by atomic mass is 16.2. The third kappa shape index (κ3) is 2.90. The summed E-state index contributed by atoms with van der Waals surface area (Å²) in [5, 5.41) is 0. The highest BCUT2D eigenvalue weighted by Crippen LogP contribution is 2.25. The molecule has 1 aromatic carbocycles. The highest BCUT2D eigenvalue weighted by Gasteiger charge is 2.34. The van der Waals surface area contributed by atoms with Gasteiger partial charge in [0.15, 0.2) is 5.69 Å². The van der Waals surface area contributed by atoms with Crippen LogP contribution in [0.1, 0.15) is 36.2 Å². The van der Waals surface area contributed by atoms with Crippen LogP contribution in [-0.2, 0) is 4.79 Å². The summed E-state index contributed by atoms with van der Waals surface area (Å²) < 4.78 is 0. The van der Waals surface area contributed by atoms with Crippen molar-refractivity contribution in [3.8, 4) is 0 Å². The summed E-state index contributed by atoms with van der Waals surface area (Å²) in [5.41, 5.74) is 0.475. The summed E-state index contributed by atoms with van der Waals surface area (Å²) in [5.74, 6) is -0.518. The quantitative estimate of drug-likeness (QED) is 0.888. The Bertz CT molecular complexity index is 885. The van der Waals surface area contributed by atoms with Crippen molar-refractivity contribution in [2.75, 3.05) is 19.6 Å². The zero-order valence-electron chi connectivity index (χ0n) is 13.9. The Balaban J connectivity index is 1.55. The van der Waals surface area contributed by atoms with Gasteiger partial charge in [-0.05, 0) is 25.0 Å². The second-order valence-electron chi connectivity index (χ2n) is 6.68. The first-order valence-corrected chi connectivity index (χ1v) is 8.71. The summed E-state index contributed by atoms with van der Waals surface area (Å²) in [6.45, 7) is 0.985. The lowest BCUT2D eigenvalue weighted by Crippen LogP contribution is -2.55. The Kier molecular flexibility index (Phi) is 3.99. The SMILES string of the molecule is O=C(c1nc2ccccc2[nH]c1=O)N1CCN(C2CCCC2)C(=O)C1. The number of para-hydroxylation sites is 2. The summed E-state index contributed by atoms with van der Waals surface area (Å²) >= 11 is 0. The third-order valence-corrected chi connectivity index (χ3v) is 5.11. The van der Waals surface area contributed by atoms with Crippen LogP contribution in [0.4, 0.5) is 0 Å². The number of aromatic amines is 1. The molecule has 2 aromatic rings. The van der Waals surface area contributed by atoms with Crippen molar-refractivity contribution in [1.29, 1.82) is 0 Å². The summed E-state index contributed by atoms with van der Waals surface area (Å²) in [6, 6.07) is 7.38. The smallest absolute Gasteiger partial charge is 0.280 e. The second kappa shape index (κ2) is 6.31. The van der Waals surface area contributed by atoms with Gasteiger partial charge < -0.3 is 14.8 Å². The molecule has 1 saturated carbocycles. The van der Waals surface area contributed by atoms with Crippen LogP contribution < -0.4 is 5.56 Å². The number of carbonyl (C=O) groups is 2. The predicted octanol–water partition coefficient (Wildman–Crippen LogP) is 1.15. The van der Waals surface area contributed by atoms with E-state index in [1.807, 2.05) is 4.90 Å². The predicted molar refractivity (Wildman–Crippen MR) is 92.2 cm³/mol. The highest BCUT2D eigenvalue weighted by molar-refractivity contribution is 5.96. The molecule has 2 amide bonds. The Morgan fingerprint density at radius 1 is 1.12 bits per heavy atom. The number of hydrogen-bond donors (Lipinski definition) is 1. The topological polar surface area (TPSA) is 86.4 Å². The molecular formula is C18H20N4O3. The third-order valence-electron chi connectivity index (χ3n) is 5.11. The number of benzene rings is 1. The minimum atomic E-state index is -0.519. The molecule has 2 heterocycles. The van der Waals surface area contributed by atoms with Crippen molar-refractivity contribution >= 4 is 22.8 Å². The summed E-state index contributed by atoms with van der Waals surface area (Å²) in [7, 11) is 0. The maximum atomic E-state index is 12.7. The van der Waals surface area contributed by atoms with Crippen LogP contribution in [0.15, 0.2) is 29.1 Å². The molecule has 1 aliphatic heterocycles. The average Bonchev–Trinajstić information content (AvgIpc) is 3.14. The van der Waals surface area contributed by atoms with E-state index in [1.54, 1.807) is 24.3 Å². The van der Waals surface area contributed by atoms with E-state index < -0.39 is 11.5 Å². The van der Waals surface area contributed by atoms with Crippen molar-refractivity contribution in [3.05, 3.63) is 40.3 Å². The van der Waals surface area contributed by atoms with Gasteiger partial charge in [-0.15, -0.1) is 0 Å². The number of carbonyl (C=O) groups excluding carboxylic acids is 2. The number of nitrogens with one attached hydrogen (secondary N) is 1. The standard InChI is InChI=1S/C18H20N4O3/c23-15-11-21(9-10-22(15)12-5-1-2-6-12)18(25)16-17(24)20-14-8-4-3-7-13(14)19-16/h3-4,7-8,12H,1-2,5-6,9-11H2,(H,20,24). The number of piperazine rings is 1. The first kappa shape index (κ1) is 15.8. The van der Waals surface area contributed by atoms with Gasteiger partial charge in [0.05, 0.1) is 11.0 Å². The van der Waals surface area contributed by atoms with Gasteiger partial charge in [0.1, 0.15) is 6.54 Å². The van der Waals surface area contributed by atoms with Crippen molar-refractivity contribution in [1.82, 2.24) is 19.8 Å². The largest absolute Gasteiger partial charge is 0.336 e. The molecule has 2 aliphatic rings. The van der Waals surface area contributed by atoms with Gasteiger partial charge in [0, 0.05) is 19.1 Å². The molecule has 130 valence electrons. The molecule has 0 radical (unpaired) electrons. The molecule has 25 heavy (non-hydrogen) atoms. The molecule has 0 spiro atoms. The first-order valence-electron chi connectivity index (χ1n) is 8.71. The number of nitrogens with zero attached hydrogens (tertiary/aromatic N) is 3. The fourth-order valence-electron chi connectivity index (χ4n) is 3.79. The molecular weight excluding hydrogens is 320 g/mol. The van der Waals surface area contributed by atoms with Gasteiger partial charge in [-0.3, -0.25) is 14.4 Å². The lowest BCUT2D eigenvalue weighted by Gasteiger charge is -2.37. The van der Waals surface area contributed by atoms with Crippen LogP contribution in [0.5, 0.6) is 0 Å². The Morgan fingerprint density at radius 2 is 1.88 bits per heavy atom. The van der Waals surface area contributed by atoms with E-state index in [1.165, 1.54) is 4.90 Å². The van der Waals surface area contributed by atoms with E-state index in [9.17, 15) is 14.4 Å². The first-order chi connectivity index (χ1) is 12.1. The van der Waals surface area contributed by atoms with E-state index in [2.05, 4.69) is 9.97 Å². The molecule has 7 heteroatoms. The zero-order valence-corrected chi connectivity index (χ0v) is 13.9. The van der Waals surface area contributed by atoms with Crippen LogP contribution in [0.3, 0.4) is 0 Å². The molecule has 0 atom stereocenters. The maximum absolute atomic E-state index is 12.7. The second-order valence-corrected chi connectivity index (χ2v) is 6.68. The normalized spacial score (nSPS) is 19.0. The van der Waals surface area contributed by atoms with Crippen LogP contribution in [0.2, 0.25) is 0 Å². The van der Waals surface area contributed by atoms with E-state index in [4.69, 9.17) is 0 Å². The van der Waals surface area contributed by atoms with Gasteiger partial charge in [0.2, 0.25) is 5.91 Å². The fourth-order valence-corrected chi connectivity index (χ4v) is 3.79. The number of hydrogen-bond acceptors (Lipinski definition) is 4. The van der Waals surface area contributed by atoms with E-state index in [0.29, 0.717) is 30.2 Å². The number of amides is 2. The van der Waals surface area contributed by atoms with E-state index >= 15 is 0 Å². The van der Waals surface area contributed by atoms with Gasteiger partial charge in [0.25, 0.3) is 11.5 Å². The number of fused-ring (bicyclic) bond motifs is 1. The monoisotopic (exact) mass is 340 g/mol. The van der Waals surface area contributed by atoms with Gasteiger partial charge in [-0.2, -0.15) is 0 Å². The van der Waals surface area contributed by atoms with Crippen molar-refractivity contribution < 1.29 is 9.59 Å². The minimum Gasteiger partial charge on any atom is -0.336 e. The molecule has 1 aliphatic carbocycles. The van der Waals surface area contributed by atoms with Gasteiger partial charge in [-0.1, -0.05) is 25.0 Å². The minimum absolute atomic E-state index is 0.0171. The van der Waals surface area contributed by atoms with E-state index in [0.717, 1.165) is 25.7 Å². The van der Waals surface area contributed by atoms with Crippen LogP contribution in [-0.4, -0.2) is 57.3 Å². The molecule has 1 aromatic heterocycles. The van der Waals surface area contributed by atoms with Crippen LogP contribution in [0, 0.1) is 0 Å². The maximum Gasteiger partial charge on any atom is 0.280 e. The van der Waals surface area contributed by atoms with Crippen LogP contribution in [0.25, 0.3) is 11.0 Å². The lowest BCUT2D eigenvalue weighted by molar-refractivity contribution is -0.137. The van der Waals surface area contributed by atoms with E-state index in [-0.39, 0.29) is 18.1 Å². The number of H-pyrrole nitrogens is 1. The molecule has 2 fully saturated rings. The van der Waals surface area contributed by atoms with Gasteiger partial charge in [-0.25, -0.2) is 4.98 Å². The van der Waals surface area contributed by atoms with Gasteiger partial charge >= 0.3 is 0 Å². The summed E-state index contributed by atoms with van der Waals surface area (Å²) in [4.78, 5) is 47.6. The Labute approximate surface area is 144 Å². The van der Waals surface area contributed by atoms with Crippen LogP contribution >= 0.6 is 0 Å². The fraction of sp³-hybridized carbons (Fsp3) is 0.444. The molecule has 1 saturated heterocycles. The molecule has 4 rings (SSSR count). The summed E-state index contributed by atoms with van der Waals surface area (Å²) in [6.07, 6.45) is 4.41. The number of rotatable bonds is 2. The molecule has 1 N–H and O–H groups in total. The lowest BCUT2D eigenvalue weighted by atomic mass is 10.1. The number of aromatic nitrogens is 2. The van der Waals surface area contributed by atoms with Crippen molar-refractivity contribution in [2.24, 2.45) is 0 Å². The molecule has 0 unspecified atom stereocenters. The van der Waals surface area contributed by atoms with Crippen molar-refractivity contribution in [3.63, 3.8) is 0 Å². The molecule has 0 bridgehead atoms.